The molecule has 1 amide bonds. The molecule has 0 bridgehead atoms. The lowest BCUT2D eigenvalue weighted by Gasteiger charge is -2.32. The first-order chi connectivity index (χ1) is 11.7. The fraction of sp³-hybridized carbons (Fsp3) is 0.650. The van der Waals surface area contributed by atoms with E-state index in [0.717, 1.165) is 65.1 Å². The molecule has 3 aliphatic heterocycles. The third-order valence-electron chi connectivity index (χ3n) is 6.15. The molecule has 24 heavy (non-hydrogen) atoms. The van der Waals surface area contributed by atoms with Crippen molar-refractivity contribution in [3.05, 3.63) is 35.4 Å². The average molecular weight is 328 g/mol. The van der Waals surface area contributed by atoms with Gasteiger partial charge in [0.2, 0.25) is 5.91 Å². The number of ether oxygens (including phenoxy) is 1. The fourth-order valence-corrected chi connectivity index (χ4v) is 4.72. The van der Waals surface area contributed by atoms with E-state index in [9.17, 15) is 4.79 Å². The van der Waals surface area contributed by atoms with Gasteiger partial charge in [-0.25, -0.2) is 0 Å². The highest BCUT2D eigenvalue weighted by Gasteiger charge is 2.51. The lowest BCUT2D eigenvalue weighted by molar-refractivity contribution is -0.136. The number of carbonyl (C=O) groups is 1. The number of benzene rings is 1. The molecule has 3 fully saturated rings. The van der Waals surface area contributed by atoms with Crippen molar-refractivity contribution >= 4 is 5.91 Å². The third-order valence-corrected chi connectivity index (χ3v) is 6.15. The highest BCUT2D eigenvalue weighted by atomic mass is 16.5. The van der Waals surface area contributed by atoms with Crippen LogP contribution in [0.25, 0.3) is 0 Å². The number of hydrogen-bond donors (Lipinski definition) is 0. The zero-order chi connectivity index (χ0) is 16.6. The molecule has 0 saturated carbocycles. The van der Waals surface area contributed by atoms with Gasteiger partial charge in [0.1, 0.15) is 0 Å². The van der Waals surface area contributed by atoms with Crippen molar-refractivity contribution in [2.45, 2.75) is 45.2 Å². The smallest absolute Gasteiger partial charge is 0.230 e. The summed E-state index contributed by atoms with van der Waals surface area (Å²) in [6.07, 6.45) is 4.30. The maximum absolute atomic E-state index is 13.1. The molecule has 1 unspecified atom stereocenters. The third kappa shape index (κ3) is 2.98. The summed E-state index contributed by atoms with van der Waals surface area (Å²) in [5, 5.41) is 0. The number of amides is 1. The number of hydrogen-bond acceptors (Lipinski definition) is 3. The largest absolute Gasteiger partial charge is 0.381 e. The molecular weight excluding hydrogens is 300 g/mol. The van der Waals surface area contributed by atoms with Crippen molar-refractivity contribution in [3.63, 3.8) is 0 Å². The molecule has 3 heterocycles. The monoisotopic (exact) mass is 328 g/mol. The van der Waals surface area contributed by atoms with Gasteiger partial charge in [0.05, 0.1) is 5.41 Å². The van der Waals surface area contributed by atoms with Gasteiger partial charge in [-0.3, -0.25) is 9.69 Å². The van der Waals surface area contributed by atoms with Crippen LogP contribution < -0.4 is 0 Å². The topological polar surface area (TPSA) is 32.8 Å². The van der Waals surface area contributed by atoms with Crippen LogP contribution in [-0.4, -0.2) is 54.6 Å². The summed E-state index contributed by atoms with van der Waals surface area (Å²) in [4.78, 5) is 17.8. The van der Waals surface area contributed by atoms with Crippen LogP contribution >= 0.6 is 0 Å². The number of aryl methyl sites for hydroxylation is 1. The number of rotatable bonds is 3. The highest BCUT2D eigenvalue weighted by Crippen LogP contribution is 2.42. The predicted molar refractivity (Wildman–Crippen MR) is 93.7 cm³/mol. The van der Waals surface area contributed by atoms with E-state index in [1.807, 2.05) is 0 Å². The van der Waals surface area contributed by atoms with Gasteiger partial charge in [0.15, 0.2) is 0 Å². The lowest BCUT2D eigenvalue weighted by Crippen LogP contribution is -2.41. The van der Waals surface area contributed by atoms with Gasteiger partial charge in [-0.2, -0.15) is 0 Å². The molecule has 3 saturated heterocycles. The summed E-state index contributed by atoms with van der Waals surface area (Å²) in [7, 11) is 0. The number of carbonyl (C=O) groups excluding carboxylic acids is 1. The first-order valence-corrected chi connectivity index (χ1v) is 9.33. The molecule has 0 aliphatic carbocycles. The van der Waals surface area contributed by atoms with Crippen molar-refractivity contribution in [2.24, 2.45) is 5.41 Å². The zero-order valence-corrected chi connectivity index (χ0v) is 14.7. The van der Waals surface area contributed by atoms with Crippen LogP contribution in [0.2, 0.25) is 0 Å². The number of likely N-dealkylation sites (tertiary alicyclic amines) is 2. The summed E-state index contributed by atoms with van der Waals surface area (Å²) in [5.74, 6) is 0.388. The minimum atomic E-state index is -0.109. The predicted octanol–water partition coefficient (Wildman–Crippen LogP) is 2.60. The Morgan fingerprint density at radius 2 is 2.00 bits per heavy atom. The molecule has 0 N–H and O–H groups in total. The van der Waals surface area contributed by atoms with Crippen LogP contribution in [0.4, 0.5) is 0 Å². The fourth-order valence-electron chi connectivity index (χ4n) is 4.72. The van der Waals surface area contributed by atoms with Crippen LogP contribution in [0.5, 0.6) is 0 Å². The van der Waals surface area contributed by atoms with Crippen LogP contribution in [0.1, 0.15) is 36.8 Å². The van der Waals surface area contributed by atoms with Crippen molar-refractivity contribution in [1.82, 2.24) is 9.80 Å². The number of nitrogens with zero attached hydrogens (tertiary/aromatic N) is 2. The van der Waals surface area contributed by atoms with Crippen LogP contribution in [0.15, 0.2) is 24.3 Å². The minimum absolute atomic E-state index is 0.109. The Morgan fingerprint density at radius 3 is 2.79 bits per heavy atom. The van der Waals surface area contributed by atoms with Gasteiger partial charge >= 0.3 is 0 Å². The zero-order valence-electron chi connectivity index (χ0n) is 14.7. The Kier molecular flexibility index (Phi) is 4.35. The molecule has 0 aromatic heterocycles. The molecule has 1 aromatic rings. The summed E-state index contributed by atoms with van der Waals surface area (Å²) in [6.45, 7) is 7.58. The Hall–Kier alpha value is -1.39. The Bertz CT molecular complexity index is 611. The average Bonchev–Trinajstić information content (AvgIpc) is 3.16. The van der Waals surface area contributed by atoms with Crippen LogP contribution in [-0.2, 0) is 16.1 Å². The molecule has 4 nitrogen and oxygen atoms in total. The molecule has 0 radical (unpaired) electrons. The lowest BCUT2D eigenvalue weighted by atomic mass is 9.85. The van der Waals surface area contributed by atoms with Gasteiger partial charge in [-0.05, 0) is 44.7 Å². The van der Waals surface area contributed by atoms with Crippen LogP contribution in [0.3, 0.4) is 0 Å². The highest BCUT2D eigenvalue weighted by molar-refractivity contribution is 5.85. The first-order valence-electron chi connectivity index (χ1n) is 9.33. The Labute approximate surface area is 144 Å². The van der Waals surface area contributed by atoms with E-state index in [2.05, 4.69) is 41.0 Å². The molecule has 3 aliphatic rings. The van der Waals surface area contributed by atoms with Crippen molar-refractivity contribution in [3.8, 4) is 0 Å². The molecule has 1 atom stereocenters. The standard InChI is InChI=1S/C20H28N2O2/c1-16-3-2-4-17(13-16)14-21-9-7-20(19(21)23)8-10-22(15-20)18-5-11-24-12-6-18/h2-4,13,18H,5-12,14-15H2,1H3. The summed E-state index contributed by atoms with van der Waals surface area (Å²) in [5.41, 5.74) is 2.40. The van der Waals surface area contributed by atoms with E-state index in [4.69, 9.17) is 4.74 Å². The van der Waals surface area contributed by atoms with Gasteiger partial charge < -0.3 is 9.64 Å². The molecule has 130 valence electrons. The van der Waals surface area contributed by atoms with E-state index in [1.54, 1.807) is 0 Å². The second kappa shape index (κ2) is 6.49. The van der Waals surface area contributed by atoms with E-state index in [1.165, 1.54) is 11.1 Å². The maximum Gasteiger partial charge on any atom is 0.230 e. The SMILES string of the molecule is Cc1cccc(CN2CCC3(CCN(C4CCOCC4)C3)C2=O)c1. The summed E-state index contributed by atoms with van der Waals surface area (Å²) >= 11 is 0. The van der Waals surface area contributed by atoms with Gasteiger partial charge in [-0.15, -0.1) is 0 Å². The summed E-state index contributed by atoms with van der Waals surface area (Å²) in [6, 6.07) is 9.15. The normalized spacial score (nSPS) is 29.0. The van der Waals surface area contributed by atoms with Gasteiger partial charge in [0.25, 0.3) is 0 Å². The van der Waals surface area contributed by atoms with Gasteiger partial charge in [-0.1, -0.05) is 29.8 Å². The molecule has 1 aromatic carbocycles. The molecule has 1 spiro atoms. The van der Waals surface area contributed by atoms with Crippen LogP contribution in [0, 0.1) is 12.3 Å². The quantitative estimate of drug-likeness (QED) is 0.855. The molecule has 4 heteroatoms. The molecular formula is C20H28N2O2. The second-order valence-corrected chi connectivity index (χ2v) is 7.81. The molecule has 4 rings (SSSR count). The van der Waals surface area contributed by atoms with E-state index >= 15 is 0 Å². The van der Waals surface area contributed by atoms with Crippen molar-refractivity contribution < 1.29 is 9.53 Å². The second-order valence-electron chi connectivity index (χ2n) is 7.81. The van der Waals surface area contributed by atoms with Crippen molar-refractivity contribution in [1.29, 1.82) is 0 Å². The van der Waals surface area contributed by atoms with Crippen molar-refractivity contribution in [2.75, 3.05) is 32.8 Å². The van der Waals surface area contributed by atoms with Gasteiger partial charge in [0, 0.05) is 38.9 Å². The van der Waals surface area contributed by atoms with E-state index < -0.39 is 0 Å². The minimum Gasteiger partial charge on any atom is -0.381 e. The van der Waals surface area contributed by atoms with E-state index in [0.29, 0.717) is 11.9 Å². The summed E-state index contributed by atoms with van der Waals surface area (Å²) < 4.78 is 5.49. The van der Waals surface area contributed by atoms with E-state index in [-0.39, 0.29) is 5.41 Å². The Balaban J connectivity index is 1.41. The maximum atomic E-state index is 13.1. The Morgan fingerprint density at radius 1 is 1.21 bits per heavy atom. The first kappa shape index (κ1) is 16.1.